The Hall–Kier alpha value is -2.24. The number of rotatable bonds is 4. The van der Waals surface area contributed by atoms with Crippen LogP contribution >= 0.6 is 0 Å². The molecule has 1 aromatic carbocycles. The van der Waals surface area contributed by atoms with Crippen molar-refractivity contribution < 1.29 is 8.78 Å². The van der Waals surface area contributed by atoms with Gasteiger partial charge >= 0.3 is 0 Å². The minimum Gasteiger partial charge on any atom is -0.343 e. The van der Waals surface area contributed by atoms with Crippen molar-refractivity contribution >= 4 is 5.95 Å². The van der Waals surface area contributed by atoms with E-state index in [0.29, 0.717) is 17.2 Å². The van der Waals surface area contributed by atoms with Crippen LogP contribution in [0.1, 0.15) is 43.5 Å². The molecule has 0 fully saturated rings. The minimum atomic E-state index is -0.669. The van der Waals surface area contributed by atoms with Crippen molar-refractivity contribution in [3.63, 3.8) is 0 Å². The number of benzene rings is 1. The first-order chi connectivity index (χ1) is 10.7. The maximum Gasteiger partial charge on any atom is 0.255 e. The molecule has 1 unspecified atom stereocenters. The van der Waals surface area contributed by atoms with Gasteiger partial charge in [0.15, 0.2) is 0 Å². The van der Waals surface area contributed by atoms with Crippen molar-refractivity contribution in [1.82, 2.24) is 9.97 Å². The highest BCUT2D eigenvalue weighted by molar-refractivity contribution is 5.38. The van der Waals surface area contributed by atoms with E-state index in [2.05, 4.69) is 9.97 Å². The van der Waals surface area contributed by atoms with Crippen molar-refractivity contribution in [3.05, 3.63) is 57.0 Å². The Morgan fingerprint density at radius 3 is 2.26 bits per heavy atom. The lowest BCUT2D eigenvalue weighted by molar-refractivity contribution is 0.544. The third-order valence-corrected chi connectivity index (χ3v) is 4.13. The molecule has 0 saturated heterocycles. The van der Waals surface area contributed by atoms with Crippen LogP contribution in [0.2, 0.25) is 0 Å². The first-order valence-electron chi connectivity index (χ1n) is 7.51. The Bertz CT molecular complexity index is 751. The molecule has 23 heavy (non-hydrogen) atoms. The first kappa shape index (κ1) is 17.1. The van der Waals surface area contributed by atoms with Gasteiger partial charge < -0.3 is 4.90 Å². The first-order valence-corrected chi connectivity index (χ1v) is 7.51. The normalized spacial score (nSPS) is 12.5. The molecule has 1 aromatic heterocycles. The Morgan fingerprint density at radius 2 is 1.74 bits per heavy atom. The predicted molar refractivity (Wildman–Crippen MR) is 87.0 cm³/mol. The summed E-state index contributed by atoms with van der Waals surface area (Å²) in [6, 6.07) is 3.85. The average Bonchev–Trinajstić information content (AvgIpc) is 2.48. The van der Waals surface area contributed by atoms with Gasteiger partial charge in [-0.05, 0) is 32.9 Å². The Balaban J connectivity index is 2.61. The topological polar surface area (TPSA) is 49.0 Å². The fourth-order valence-electron chi connectivity index (χ4n) is 2.43. The van der Waals surface area contributed by atoms with E-state index in [1.807, 2.05) is 13.8 Å². The molecule has 2 aromatic rings. The van der Waals surface area contributed by atoms with Crippen LogP contribution in [0.4, 0.5) is 14.7 Å². The van der Waals surface area contributed by atoms with E-state index in [1.54, 1.807) is 25.8 Å². The van der Waals surface area contributed by atoms with Crippen LogP contribution in [0.3, 0.4) is 0 Å². The fourth-order valence-corrected chi connectivity index (χ4v) is 2.43. The lowest BCUT2D eigenvalue weighted by Gasteiger charge is -2.24. The van der Waals surface area contributed by atoms with Crippen molar-refractivity contribution in [2.45, 2.75) is 39.7 Å². The third-order valence-electron chi connectivity index (χ3n) is 4.13. The van der Waals surface area contributed by atoms with E-state index in [-0.39, 0.29) is 17.2 Å². The largest absolute Gasteiger partial charge is 0.343 e. The number of hydrogen-bond acceptors (Lipinski definition) is 3. The third kappa shape index (κ3) is 3.25. The van der Waals surface area contributed by atoms with Gasteiger partial charge in [0.1, 0.15) is 11.6 Å². The Kier molecular flexibility index (Phi) is 4.82. The van der Waals surface area contributed by atoms with E-state index in [4.69, 9.17) is 0 Å². The van der Waals surface area contributed by atoms with E-state index in [1.165, 1.54) is 18.2 Å². The number of hydrogen-bond donors (Lipinski definition) is 1. The summed E-state index contributed by atoms with van der Waals surface area (Å²) in [6.45, 7) is 7.17. The fraction of sp³-hybridized carbons (Fsp3) is 0.412. The van der Waals surface area contributed by atoms with Crippen LogP contribution in [0.15, 0.2) is 23.0 Å². The summed E-state index contributed by atoms with van der Waals surface area (Å²) < 4.78 is 28.1. The van der Waals surface area contributed by atoms with Crippen molar-refractivity contribution in [3.8, 4) is 0 Å². The van der Waals surface area contributed by atoms with Crippen LogP contribution in [0.25, 0.3) is 0 Å². The zero-order chi connectivity index (χ0) is 17.3. The van der Waals surface area contributed by atoms with Crippen LogP contribution in [-0.2, 0) is 0 Å². The van der Waals surface area contributed by atoms with E-state index in [0.717, 1.165) is 0 Å². The number of aromatic nitrogens is 2. The highest BCUT2D eigenvalue weighted by atomic mass is 19.1. The summed E-state index contributed by atoms with van der Waals surface area (Å²) in [5.74, 6) is -1.57. The summed E-state index contributed by atoms with van der Waals surface area (Å²) >= 11 is 0. The van der Waals surface area contributed by atoms with Crippen LogP contribution in [0.5, 0.6) is 0 Å². The number of anilines is 1. The monoisotopic (exact) mass is 321 g/mol. The highest BCUT2D eigenvalue weighted by Gasteiger charge is 2.23. The Labute approximate surface area is 134 Å². The average molecular weight is 321 g/mol. The zero-order valence-corrected chi connectivity index (χ0v) is 13.9. The van der Waals surface area contributed by atoms with Gasteiger partial charge in [-0.1, -0.05) is 13.0 Å². The van der Waals surface area contributed by atoms with E-state index < -0.39 is 17.6 Å². The van der Waals surface area contributed by atoms with Gasteiger partial charge in [0, 0.05) is 30.1 Å². The van der Waals surface area contributed by atoms with Gasteiger partial charge in [0.05, 0.1) is 5.69 Å². The molecule has 0 aliphatic rings. The molecule has 124 valence electrons. The quantitative estimate of drug-likeness (QED) is 0.939. The number of H-pyrrole nitrogens is 1. The second-order valence-corrected chi connectivity index (χ2v) is 5.96. The van der Waals surface area contributed by atoms with Gasteiger partial charge in [0.25, 0.3) is 5.56 Å². The lowest BCUT2D eigenvalue weighted by Crippen LogP contribution is -2.31. The Morgan fingerprint density at radius 1 is 1.17 bits per heavy atom. The van der Waals surface area contributed by atoms with E-state index >= 15 is 0 Å². The molecule has 1 N–H and O–H groups in total. The standard InChI is InChI=1S/C17H21F2N3O/c1-9(2)22(5)17-20-15(11(4)16(23)21-17)10(3)14-12(18)7-6-8-13(14)19/h6-10H,1-5H3,(H,20,21,23). The predicted octanol–water partition coefficient (Wildman–Crippen LogP) is 3.35. The van der Waals surface area contributed by atoms with Crippen molar-refractivity contribution in [2.75, 3.05) is 11.9 Å². The lowest BCUT2D eigenvalue weighted by atomic mass is 9.94. The van der Waals surface area contributed by atoms with Gasteiger partial charge in [0.2, 0.25) is 5.95 Å². The molecule has 1 atom stereocenters. The summed E-state index contributed by atoms with van der Waals surface area (Å²) in [5.41, 5.74) is 0.356. The molecule has 0 aliphatic carbocycles. The minimum absolute atomic E-state index is 0.0770. The molecular weight excluding hydrogens is 300 g/mol. The molecule has 2 rings (SSSR count). The zero-order valence-electron chi connectivity index (χ0n) is 13.9. The molecule has 0 amide bonds. The number of halogens is 2. The molecule has 0 saturated carbocycles. The second kappa shape index (κ2) is 6.48. The van der Waals surface area contributed by atoms with Crippen LogP contribution < -0.4 is 10.5 Å². The van der Waals surface area contributed by atoms with Crippen molar-refractivity contribution in [1.29, 1.82) is 0 Å². The van der Waals surface area contributed by atoms with Crippen LogP contribution in [-0.4, -0.2) is 23.1 Å². The maximum absolute atomic E-state index is 14.0. The van der Waals surface area contributed by atoms with Crippen LogP contribution in [0, 0.1) is 18.6 Å². The molecule has 4 nitrogen and oxygen atoms in total. The second-order valence-electron chi connectivity index (χ2n) is 5.96. The van der Waals surface area contributed by atoms with Gasteiger partial charge in [-0.15, -0.1) is 0 Å². The highest BCUT2D eigenvalue weighted by Crippen LogP contribution is 2.29. The summed E-state index contributed by atoms with van der Waals surface area (Å²) in [5, 5.41) is 0. The van der Waals surface area contributed by atoms with E-state index in [9.17, 15) is 13.6 Å². The smallest absolute Gasteiger partial charge is 0.255 e. The molecule has 0 bridgehead atoms. The maximum atomic E-state index is 14.0. The molecule has 0 spiro atoms. The summed E-state index contributed by atoms with van der Waals surface area (Å²) in [6.07, 6.45) is 0. The van der Waals surface area contributed by atoms with Gasteiger partial charge in [-0.25, -0.2) is 13.8 Å². The van der Waals surface area contributed by atoms with Crippen molar-refractivity contribution in [2.24, 2.45) is 0 Å². The molecule has 0 radical (unpaired) electrons. The number of aromatic amines is 1. The molecule has 0 aliphatic heterocycles. The van der Waals surface area contributed by atoms with Gasteiger partial charge in [-0.3, -0.25) is 9.78 Å². The number of nitrogens with one attached hydrogen (secondary N) is 1. The summed E-state index contributed by atoms with van der Waals surface area (Å²) in [7, 11) is 1.80. The van der Waals surface area contributed by atoms with Gasteiger partial charge in [-0.2, -0.15) is 0 Å². The molecule has 1 heterocycles. The summed E-state index contributed by atoms with van der Waals surface area (Å²) in [4.78, 5) is 21.1. The molecule has 6 heteroatoms. The SMILES string of the molecule is Cc1c(C(C)c2c(F)cccc2F)nc(N(C)C(C)C)[nH]c1=O. The molecular formula is C17H21F2N3O. The number of nitrogens with zero attached hydrogens (tertiary/aromatic N) is 2.